The summed E-state index contributed by atoms with van der Waals surface area (Å²) in [6, 6.07) is 18.3. The van der Waals surface area contributed by atoms with Gasteiger partial charge in [0.2, 0.25) is 0 Å². The molecule has 0 spiro atoms. The van der Waals surface area contributed by atoms with Crippen LogP contribution in [-0.2, 0) is 0 Å². The van der Waals surface area contributed by atoms with Crippen molar-refractivity contribution in [1.82, 2.24) is 0 Å². The first-order valence-corrected chi connectivity index (χ1v) is 9.08. The molecule has 0 unspecified atom stereocenters. The number of benzene rings is 3. The van der Waals surface area contributed by atoms with E-state index in [1.807, 2.05) is 0 Å². The minimum Gasteiger partial charge on any atom is -0.497 e. The van der Waals surface area contributed by atoms with Crippen LogP contribution in [0.1, 0.15) is 20.7 Å². The van der Waals surface area contributed by atoms with E-state index in [0.717, 1.165) is 0 Å². The van der Waals surface area contributed by atoms with Crippen LogP contribution in [0.4, 0.5) is 11.4 Å². The lowest BCUT2D eigenvalue weighted by Gasteiger charge is -2.11. The maximum atomic E-state index is 12.5. The summed E-state index contributed by atoms with van der Waals surface area (Å²) >= 11 is 6.19. The number of methoxy groups -OCH3 is 2. The zero-order valence-electron chi connectivity index (χ0n) is 15.9. The Morgan fingerprint density at radius 3 is 1.83 bits per heavy atom. The molecule has 6 nitrogen and oxygen atoms in total. The highest BCUT2D eigenvalue weighted by molar-refractivity contribution is 6.34. The monoisotopic (exact) mass is 410 g/mol. The Balaban J connectivity index is 1.74. The van der Waals surface area contributed by atoms with Crippen LogP contribution < -0.4 is 20.1 Å². The molecule has 3 aromatic rings. The van der Waals surface area contributed by atoms with Crippen molar-refractivity contribution in [3.05, 3.63) is 82.9 Å². The number of nitrogens with one attached hydrogen (secondary N) is 2. The number of hydrogen-bond donors (Lipinski definition) is 2. The van der Waals surface area contributed by atoms with Crippen LogP contribution in [0.2, 0.25) is 5.02 Å². The zero-order valence-corrected chi connectivity index (χ0v) is 16.6. The van der Waals surface area contributed by atoms with E-state index in [-0.39, 0.29) is 11.8 Å². The number of rotatable bonds is 6. The van der Waals surface area contributed by atoms with Gasteiger partial charge in [0.15, 0.2) is 0 Å². The average molecular weight is 411 g/mol. The van der Waals surface area contributed by atoms with Gasteiger partial charge in [-0.05, 0) is 66.7 Å². The molecule has 0 aliphatic heterocycles. The molecular formula is C22H19ClN2O4. The van der Waals surface area contributed by atoms with Crippen molar-refractivity contribution in [2.24, 2.45) is 0 Å². The van der Waals surface area contributed by atoms with Gasteiger partial charge >= 0.3 is 0 Å². The van der Waals surface area contributed by atoms with E-state index in [1.54, 1.807) is 74.9 Å². The van der Waals surface area contributed by atoms with E-state index in [9.17, 15) is 9.59 Å². The lowest BCUT2D eigenvalue weighted by Crippen LogP contribution is -2.15. The van der Waals surface area contributed by atoms with Crippen LogP contribution in [0.5, 0.6) is 11.5 Å². The van der Waals surface area contributed by atoms with Gasteiger partial charge in [-0.2, -0.15) is 0 Å². The number of carbonyl (C=O) groups excluding carboxylic acids is 2. The van der Waals surface area contributed by atoms with Crippen LogP contribution in [0.3, 0.4) is 0 Å². The molecule has 2 amide bonds. The molecule has 0 aliphatic carbocycles. The van der Waals surface area contributed by atoms with Crippen molar-refractivity contribution in [1.29, 1.82) is 0 Å². The Labute approximate surface area is 173 Å². The van der Waals surface area contributed by atoms with Gasteiger partial charge in [-0.15, -0.1) is 0 Å². The molecule has 0 saturated carbocycles. The van der Waals surface area contributed by atoms with Gasteiger partial charge in [0, 0.05) is 16.8 Å². The fraction of sp³-hybridized carbons (Fsp3) is 0.0909. The van der Waals surface area contributed by atoms with Crippen LogP contribution in [0, 0.1) is 0 Å². The van der Waals surface area contributed by atoms with Crippen molar-refractivity contribution in [3.8, 4) is 11.5 Å². The van der Waals surface area contributed by atoms with E-state index < -0.39 is 0 Å². The highest BCUT2D eigenvalue weighted by Gasteiger charge is 2.13. The molecule has 0 aliphatic rings. The van der Waals surface area contributed by atoms with E-state index in [4.69, 9.17) is 21.1 Å². The second-order valence-corrected chi connectivity index (χ2v) is 6.47. The molecule has 3 rings (SSSR count). The van der Waals surface area contributed by atoms with Crippen LogP contribution >= 0.6 is 11.6 Å². The Morgan fingerprint density at radius 1 is 0.724 bits per heavy atom. The van der Waals surface area contributed by atoms with E-state index in [0.29, 0.717) is 39.0 Å². The number of anilines is 2. The summed E-state index contributed by atoms with van der Waals surface area (Å²) in [4.78, 5) is 25.0. The van der Waals surface area contributed by atoms with E-state index in [1.165, 1.54) is 6.07 Å². The van der Waals surface area contributed by atoms with Gasteiger partial charge < -0.3 is 20.1 Å². The maximum absolute atomic E-state index is 12.5. The highest BCUT2D eigenvalue weighted by atomic mass is 35.5. The Morgan fingerprint density at radius 2 is 1.24 bits per heavy atom. The lowest BCUT2D eigenvalue weighted by atomic mass is 10.1. The largest absolute Gasteiger partial charge is 0.497 e. The Hall–Kier alpha value is -3.51. The maximum Gasteiger partial charge on any atom is 0.255 e. The minimum atomic E-state index is -0.345. The number of carbonyl (C=O) groups is 2. The zero-order chi connectivity index (χ0) is 20.8. The van der Waals surface area contributed by atoms with Gasteiger partial charge in [-0.25, -0.2) is 0 Å². The second kappa shape index (κ2) is 9.12. The van der Waals surface area contributed by atoms with Gasteiger partial charge in [0.05, 0.1) is 24.9 Å². The SMILES string of the molecule is COc1ccc(NC(=O)c2ccc(Cl)c(NC(=O)c3ccc(OC)cc3)c2)cc1. The number of hydrogen-bond acceptors (Lipinski definition) is 4. The third kappa shape index (κ3) is 5.06. The first-order valence-electron chi connectivity index (χ1n) is 8.70. The van der Waals surface area contributed by atoms with Gasteiger partial charge in [0.25, 0.3) is 11.8 Å². The third-order valence-corrected chi connectivity index (χ3v) is 4.51. The summed E-state index contributed by atoms with van der Waals surface area (Å²) in [5, 5.41) is 5.85. The molecule has 3 aromatic carbocycles. The highest BCUT2D eigenvalue weighted by Crippen LogP contribution is 2.25. The molecule has 148 valence electrons. The van der Waals surface area contributed by atoms with Crippen molar-refractivity contribution >= 4 is 34.8 Å². The first-order chi connectivity index (χ1) is 14.0. The summed E-state index contributed by atoms with van der Waals surface area (Å²) < 4.78 is 10.2. The summed E-state index contributed by atoms with van der Waals surface area (Å²) in [6.45, 7) is 0. The topological polar surface area (TPSA) is 76.7 Å². The molecule has 7 heteroatoms. The van der Waals surface area contributed by atoms with Crippen LogP contribution in [-0.4, -0.2) is 26.0 Å². The molecule has 0 heterocycles. The molecule has 0 aromatic heterocycles. The molecular weight excluding hydrogens is 392 g/mol. The van der Waals surface area contributed by atoms with Gasteiger partial charge in [-0.3, -0.25) is 9.59 Å². The van der Waals surface area contributed by atoms with E-state index in [2.05, 4.69) is 10.6 Å². The molecule has 0 fully saturated rings. The lowest BCUT2D eigenvalue weighted by molar-refractivity contribution is 0.101. The van der Waals surface area contributed by atoms with E-state index >= 15 is 0 Å². The Kier molecular flexibility index (Phi) is 6.36. The normalized spacial score (nSPS) is 10.2. The molecule has 0 bridgehead atoms. The molecule has 2 N–H and O–H groups in total. The average Bonchev–Trinajstić information content (AvgIpc) is 2.75. The fourth-order valence-corrected chi connectivity index (χ4v) is 2.74. The van der Waals surface area contributed by atoms with Gasteiger partial charge in [-0.1, -0.05) is 11.6 Å². The van der Waals surface area contributed by atoms with Crippen molar-refractivity contribution in [3.63, 3.8) is 0 Å². The van der Waals surface area contributed by atoms with Gasteiger partial charge in [0.1, 0.15) is 11.5 Å². The molecule has 0 radical (unpaired) electrons. The van der Waals surface area contributed by atoms with Crippen molar-refractivity contribution < 1.29 is 19.1 Å². The summed E-state index contributed by atoms with van der Waals surface area (Å²) in [5.74, 6) is 0.670. The standard InChI is InChI=1S/C22H19ClN2O4/c1-28-17-8-3-14(4-9-17)21(26)25-20-13-15(5-12-19(20)23)22(27)24-16-6-10-18(29-2)11-7-16/h3-13H,1-2H3,(H,24,27)(H,25,26). The summed E-state index contributed by atoms with van der Waals surface area (Å²) in [6.07, 6.45) is 0. The smallest absolute Gasteiger partial charge is 0.255 e. The second-order valence-electron chi connectivity index (χ2n) is 6.06. The minimum absolute atomic E-state index is 0.327. The van der Waals surface area contributed by atoms with Crippen molar-refractivity contribution in [2.75, 3.05) is 24.9 Å². The summed E-state index contributed by atoms with van der Waals surface area (Å²) in [7, 11) is 3.13. The van der Waals surface area contributed by atoms with Crippen LogP contribution in [0.25, 0.3) is 0 Å². The third-order valence-electron chi connectivity index (χ3n) is 4.18. The number of halogens is 1. The first kappa shape index (κ1) is 20.2. The summed E-state index contributed by atoms with van der Waals surface area (Å²) in [5.41, 5.74) is 1.76. The molecule has 0 atom stereocenters. The predicted molar refractivity (Wildman–Crippen MR) is 113 cm³/mol. The van der Waals surface area contributed by atoms with Crippen molar-refractivity contribution in [2.45, 2.75) is 0 Å². The predicted octanol–water partition coefficient (Wildman–Crippen LogP) is 4.86. The Bertz CT molecular complexity index is 1020. The fourth-order valence-electron chi connectivity index (χ4n) is 2.58. The van der Waals surface area contributed by atoms with Crippen LogP contribution in [0.15, 0.2) is 66.7 Å². The number of ether oxygens (including phenoxy) is 2. The molecule has 0 saturated heterocycles. The molecule has 29 heavy (non-hydrogen) atoms. The quantitative estimate of drug-likeness (QED) is 0.608. The number of amides is 2.